The van der Waals surface area contributed by atoms with E-state index in [4.69, 9.17) is 14.2 Å². The fourth-order valence-corrected chi connectivity index (χ4v) is 1.29. The predicted molar refractivity (Wildman–Crippen MR) is 63.9 cm³/mol. The molecule has 1 aromatic carbocycles. The third kappa shape index (κ3) is 3.15. The second-order valence-electron chi connectivity index (χ2n) is 3.09. The van der Waals surface area contributed by atoms with Crippen molar-refractivity contribution in [3.63, 3.8) is 0 Å². The molecule has 0 bridgehead atoms. The van der Waals surface area contributed by atoms with E-state index >= 15 is 0 Å². The summed E-state index contributed by atoms with van der Waals surface area (Å²) >= 11 is 0. The van der Waals surface area contributed by atoms with Gasteiger partial charge in [0.05, 0.1) is 14.2 Å². The number of methoxy groups -OCH3 is 2. The molecule has 4 nitrogen and oxygen atoms in total. The number of hydrogen-bond acceptors (Lipinski definition) is 4. The molecule has 0 aliphatic carbocycles. The van der Waals surface area contributed by atoms with Gasteiger partial charge in [0, 0.05) is 5.56 Å². The molecule has 0 amide bonds. The van der Waals surface area contributed by atoms with Crippen molar-refractivity contribution < 1.29 is 19.0 Å². The largest absolute Gasteiger partial charge is 0.493 e. The molecule has 1 rings (SSSR count). The number of aldehydes is 1. The molecule has 0 saturated carbocycles. The summed E-state index contributed by atoms with van der Waals surface area (Å²) in [4.78, 5) is 10.7. The highest BCUT2D eigenvalue weighted by Crippen LogP contribution is 2.38. The molecule has 0 aromatic heterocycles. The van der Waals surface area contributed by atoms with Crippen LogP contribution < -0.4 is 14.2 Å². The maximum Gasteiger partial charge on any atom is 0.204 e. The number of rotatable bonds is 5. The molecule has 0 heterocycles. The highest BCUT2D eigenvalue weighted by molar-refractivity contribution is 5.78. The molecule has 0 unspecified atom stereocenters. The zero-order valence-electron chi connectivity index (χ0n) is 10.1. The highest BCUT2D eigenvalue weighted by Gasteiger charge is 2.13. The number of carbonyl (C=O) groups excluding carboxylic acids is 1. The summed E-state index contributed by atoms with van der Waals surface area (Å²) in [6.07, 6.45) is 0.723. The van der Waals surface area contributed by atoms with Gasteiger partial charge in [0.2, 0.25) is 5.75 Å². The van der Waals surface area contributed by atoms with Crippen LogP contribution in [0.2, 0.25) is 0 Å². The first-order valence-electron chi connectivity index (χ1n) is 5.00. The smallest absolute Gasteiger partial charge is 0.204 e. The van der Waals surface area contributed by atoms with Gasteiger partial charge in [-0.25, -0.2) is 0 Å². The van der Waals surface area contributed by atoms with Crippen LogP contribution in [-0.2, 0) is 0 Å². The lowest BCUT2D eigenvalue weighted by Gasteiger charge is -2.13. The zero-order valence-corrected chi connectivity index (χ0v) is 10.1. The van der Waals surface area contributed by atoms with Gasteiger partial charge in [-0.05, 0) is 19.1 Å². The summed E-state index contributed by atoms with van der Waals surface area (Å²) in [6, 6.07) is 3.18. The van der Waals surface area contributed by atoms with Crippen LogP contribution in [0.3, 0.4) is 0 Å². The summed E-state index contributed by atoms with van der Waals surface area (Å²) < 4.78 is 15.7. The molecule has 0 atom stereocenters. The molecule has 1 aromatic rings. The lowest BCUT2D eigenvalue weighted by molar-refractivity contribution is 0.112. The Morgan fingerprint density at radius 1 is 1.24 bits per heavy atom. The Kier molecular flexibility index (Phi) is 4.89. The first-order valence-corrected chi connectivity index (χ1v) is 5.00. The van der Waals surface area contributed by atoms with E-state index in [0.29, 0.717) is 22.8 Å². The molecule has 0 aliphatic rings. The second kappa shape index (κ2) is 6.44. The van der Waals surface area contributed by atoms with Crippen LogP contribution in [0, 0.1) is 11.8 Å². The lowest BCUT2D eigenvalue weighted by Crippen LogP contribution is -2.00. The average molecular weight is 234 g/mol. The Labute approximate surface area is 100 Å². The van der Waals surface area contributed by atoms with E-state index in [0.717, 1.165) is 6.29 Å². The molecular weight excluding hydrogens is 220 g/mol. The summed E-state index contributed by atoms with van der Waals surface area (Å²) in [5.74, 6) is 6.84. The van der Waals surface area contributed by atoms with Gasteiger partial charge in [-0.15, -0.1) is 5.92 Å². The van der Waals surface area contributed by atoms with Crippen LogP contribution >= 0.6 is 0 Å². The van der Waals surface area contributed by atoms with Gasteiger partial charge in [-0.3, -0.25) is 4.79 Å². The SMILES string of the molecule is CC#CCOc1c(OC)cc(C=O)cc1OC. The van der Waals surface area contributed by atoms with Crippen molar-refractivity contribution in [2.75, 3.05) is 20.8 Å². The number of hydrogen-bond donors (Lipinski definition) is 0. The molecule has 0 radical (unpaired) electrons. The van der Waals surface area contributed by atoms with Gasteiger partial charge < -0.3 is 14.2 Å². The summed E-state index contributed by atoms with van der Waals surface area (Å²) in [5.41, 5.74) is 0.465. The van der Waals surface area contributed by atoms with Crippen LogP contribution in [-0.4, -0.2) is 27.1 Å². The molecule has 17 heavy (non-hydrogen) atoms. The Balaban J connectivity index is 3.13. The summed E-state index contributed by atoms with van der Waals surface area (Å²) in [6.45, 7) is 1.97. The molecule has 0 fully saturated rings. The first kappa shape index (κ1) is 12.9. The van der Waals surface area contributed by atoms with Gasteiger partial charge in [0.1, 0.15) is 12.9 Å². The average Bonchev–Trinajstić information content (AvgIpc) is 2.38. The van der Waals surface area contributed by atoms with E-state index in [-0.39, 0.29) is 6.61 Å². The quantitative estimate of drug-likeness (QED) is 0.576. The maximum atomic E-state index is 10.7. The van der Waals surface area contributed by atoms with Crippen molar-refractivity contribution in [1.29, 1.82) is 0 Å². The normalized spacial score (nSPS) is 8.88. The number of ether oxygens (including phenoxy) is 3. The van der Waals surface area contributed by atoms with Crippen molar-refractivity contribution in [1.82, 2.24) is 0 Å². The van der Waals surface area contributed by atoms with Crippen LogP contribution in [0.5, 0.6) is 17.2 Å². The fraction of sp³-hybridized carbons (Fsp3) is 0.308. The van der Waals surface area contributed by atoms with Gasteiger partial charge in [-0.1, -0.05) is 5.92 Å². The summed E-state index contributed by atoms with van der Waals surface area (Å²) in [5, 5.41) is 0. The molecule has 0 spiro atoms. The zero-order chi connectivity index (χ0) is 12.7. The minimum atomic E-state index is 0.240. The van der Waals surface area contributed by atoms with Crippen LogP contribution in [0.15, 0.2) is 12.1 Å². The van der Waals surface area contributed by atoms with Gasteiger partial charge >= 0.3 is 0 Å². The van der Waals surface area contributed by atoms with Crippen molar-refractivity contribution in [2.24, 2.45) is 0 Å². The molecule has 4 heteroatoms. The fourth-order valence-electron chi connectivity index (χ4n) is 1.29. The first-order chi connectivity index (χ1) is 8.26. The van der Waals surface area contributed by atoms with Gasteiger partial charge in [0.15, 0.2) is 11.5 Å². The van der Waals surface area contributed by atoms with Crippen molar-refractivity contribution in [3.8, 4) is 29.1 Å². The minimum absolute atomic E-state index is 0.240. The maximum absolute atomic E-state index is 10.7. The Bertz CT molecular complexity index is 429. The van der Waals surface area contributed by atoms with E-state index in [2.05, 4.69) is 11.8 Å². The van der Waals surface area contributed by atoms with E-state index in [1.165, 1.54) is 14.2 Å². The monoisotopic (exact) mass is 234 g/mol. The van der Waals surface area contributed by atoms with Crippen LogP contribution in [0.4, 0.5) is 0 Å². The highest BCUT2D eigenvalue weighted by atomic mass is 16.5. The molecule has 0 saturated heterocycles. The van der Waals surface area contributed by atoms with Gasteiger partial charge in [-0.2, -0.15) is 0 Å². The van der Waals surface area contributed by atoms with Crippen molar-refractivity contribution >= 4 is 6.29 Å². The molecule has 0 aliphatic heterocycles. The van der Waals surface area contributed by atoms with Crippen molar-refractivity contribution in [3.05, 3.63) is 17.7 Å². The third-order valence-electron chi connectivity index (χ3n) is 2.08. The molecule has 90 valence electrons. The standard InChI is InChI=1S/C13H14O4/c1-4-5-6-17-13-11(15-2)7-10(9-14)8-12(13)16-3/h7-9H,6H2,1-3H3. The van der Waals surface area contributed by atoms with Gasteiger partial charge in [0.25, 0.3) is 0 Å². The van der Waals surface area contributed by atoms with E-state index < -0.39 is 0 Å². The molecule has 0 N–H and O–H groups in total. The minimum Gasteiger partial charge on any atom is -0.493 e. The number of carbonyl (C=O) groups is 1. The second-order valence-corrected chi connectivity index (χ2v) is 3.09. The molecular formula is C13H14O4. The third-order valence-corrected chi connectivity index (χ3v) is 2.08. The lowest BCUT2D eigenvalue weighted by atomic mass is 10.2. The number of benzene rings is 1. The van der Waals surface area contributed by atoms with Crippen LogP contribution in [0.1, 0.15) is 17.3 Å². The van der Waals surface area contributed by atoms with E-state index in [9.17, 15) is 4.79 Å². The Hall–Kier alpha value is -2.15. The predicted octanol–water partition coefficient (Wildman–Crippen LogP) is 1.92. The Morgan fingerprint density at radius 3 is 2.24 bits per heavy atom. The van der Waals surface area contributed by atoms with E-state index in [1.54, 1.807) is 19.1 Å². The Morgan fingerprint density at radius 2 is 1.82 bits per heavy atom. The van der Waals surface area contributed by atoms with Crippen LogP contribution in [0.25, 0.3) is 0 Å². The van der Waals surface area contributed by atoms with Crippen molar-refractivity contribution in [2.45, 2.75) is 6.92 Å². The van der Waals surface area contributed by atoms with E-state index in [1.807, 2.05) is 0 Å². The topological polar surface area (TPSA) is 44.8 Å². The summed E-state index contributed by atoms with van der Waals surface area (Å²) in [7, 11) is 3.00.